The van der Waals surface area contributed by atoms with Crippen LogP contribution in [0.4, 0.5) is 14.9 Å². The largest absolute Gasteiger partial charge is 0.468 e. The molecule has 1 aliphatic carbocycles. The first kappa shape index (κ1) is 25.9. The predicted octanol–water partition coefficient (Wildman–Crippen LogP) is 7.53. The summed E-state index contributed by atoms with van der Waals surface area (Å²) in [7, 11) is 1.43. The number of aryl methyl sites for hydroxylation is 1. The second-order valence-electron chi connectivity index (χ2n) is 9.14. The second kappa shape index (κ2) is 10.6. The summed E-state index contributed by atoms with van der Waals surface area (Å²) in [6.07, 6.45) is 0.963. The van der Waals surface area contributed by atoms with Crippen LogP contribution in [-0.4, -0.2) is 23.5 Å². The highest BCUT2D eigenvalue weighted by molar-refractivity contribution is 7.10. The van der Waals surface area contributed by atoms with Crippen LogP contribution >= 0.6 is 23.1 Å². The van der Waals surface area contributed by atoms with Gasteiger partial charge in [-0.05, 0) is 65.7 Å². The zero-order chi connectivity index (χ0) is 26.9. The van der Waals surface area contributed by atoms with Crippen molar-refractivity contribution >= 4 is 40.9 Å². The third-order valence-electron chi connectivity index (χ3n) is 6.71. The van der Waals surface area contributed by atoms with E-state index >= 15 is 0 Å². The minimum Gasteiger partial charge on any atom is -0.468 e. The number of esters is 1. The quantitative estimate of drug-likeness (QED) is 0.241. The summed E-state index contributed by atoms with van der Waals surface area (Å²) in [5.74, 6) is -0.636. The van der Waals surface area contributed by atoms with Crippen LogP contribution in [0.25, 0.3) is 21.6 Å². The van der Waals surface area contributed by atoms with Gasteiger partial charge in [0.2, 0.25) is 0 Å². The molecule has 0 atom stereocenters. The van der Waals surface area contributed by atoms with Crippen LogP contribution in [0.15, 0.2) is 66.7 Å². The van der Waals surface area contributed by atoms with Crippen LogP contribution in [0.2, 0.25) is 5.02 Å². The van der Waals surface area contributed by atoms with E-state index in [4.69, 9.17) is 21.1 Å². The van der Waals surface area contributed by atoms with E-state index in [1.807, 2.05) is 55.5 Å². The lowest BCUT2D eigenvalue weighted by Gasteiger charge is -2.13. The lowest BCUT2D eigenvalue weighted by molar-refractivity contribution is -0.143. The fourth-order valence-corrected chi connectivity index (χ4v) is 5.43. The third kappa shape index (κ3) is 5.14. The molecule has 0 aliphatic heterocycles. The van der Waals surface area contributed by atoms with E-state index in [-0.39, 0.29) is 17.6 Å². The molecule has 4 aromatic rings. The molecule has 0 unspecified atom stereocenters. The van der Waals surface area contributed by atoms with Gasteiger partial charge in [0.25, 0.3) is 0 Å². The molecule has 9 heteroatoms. The lowest BCUT2D eigenvalue weighted by Crippen LogP contribution is -2.21. The van der Waals surface area contributed by atoms with Gasteiger partial charge < -0.3 is 9.47 Å². The Morgan fingerprint density at radius 2 is 1.66 bits per heavy atom. The Labute approximate surface area is 228 Å². The Balaban J connectivity index is 1.28. The topological polar surface area (TPSA) is 77.5 Å². The first-order chi connectivity index (χ1) is 18.3. The predicted molar refractivity (Wildman–Crippen MR) is 146 cm³/mol. The molecule has 1 heterocycles. The number of rotatable bonds is 7. The molecule has 0 saturated heterocycles. The molecule has 0 radical (unpaired) electrons. The summed E-state index contributed by atoms with van der Waals surface area (Å²) in [4.78, 5) is 25.5. The molecule has 6 nitrogen and oxygen atoms in total. The summed E-state index contributed by atoms with van der Waals surface area (Å²) in [6.45, 7) is 1.72. The zero-order valence-corrected chi connectivity index (χ0v) is 22.3. The Hall–Kier alpha value is -3.75. The Bertz CT molecular complexity index is 1500. The maximum absolute atomic E-state index is 13.2. The van der Waals surface area contributed by atoms with Crippen LogP contribution in [0.1, 0.15) is 29.7 Å². The molecule has 3 aromatic carbocycles. The molecule has 1 fully saturated rings. The Kier molecular flexibility index (Phi) is 7.19. The van der Waals surface area contributed by atoms with E-state index < -0.39 is 17.3 Å². The summed E-state index contributed by atoms with van der Waals surface area (Å²) in [5, 5.41) is 2.97. The van der Waals surface area contributed by atoms with E-state index in [0.717, 1.165) is 40.0 Å². The maximum Gasteiger partial charge on any atom is 0.412 e. The third-order valence-corrected chi connectivity index (χ3v) is 8.05. The number of carbonyl (C=O) groups is 2. The van der Waals surface area contributed by atoms with Gasteiger partial charge in [-0.1, -0.05) is 66.2 Å². The minimum absolute atomic E-state index is 0.0921. The molecule has 5 rings (SSSR count). The molecular formula is C29H24ClFN2O4S. The average Bonchev–Trinajstić information content (AvgIpc) is 3.66. The molecule has 1 saturated carbocycles. The van der Waals surface area contributed by atoms with Gasteiger partial charge in [-0.2, -0.15) is 4.37 Å². The average molecular weight is 551 g/mol. The highest BCUT2D eigenvalue weighted by Gasteiger charge is 2.52. The molecule has 0 spiro atoms. The molecule has 1 aliphatic rings. The molecule has 194 valence electrons. The number of hydrogen-bond donors (Lipinski definition) is 1. The van der Waals surface area contributed by atoms with Crippen LogP contribution in [0.3, 0.4) is 0 Å². The van der Waals surface area contributed by atoms with Crippen molar-refractivity contribution in [3.63, 3.8) is 0 Å². The standard InChI is InChI=1S/C29H24ClFN2O4S/c1-17-25(32-28(35)37-16-21-9-12-23(31)15-24(21)30)26(38-33-17)20-5-3-18(4-6-20)19-7-10-22(11-8-19)29(13-14-29)27(34)36-2/h3-12,15H,13-14,16H2,1-2H3,(H,32,35). The molecule has 1 N–H and O–H groups in total. The van der Waals surface area contributed by atoms with Crippen molar-refractivity contribution in [3.05, 3.63) is 94.4 Å². The number of hydrogen-bond acceptors (Lipinski definition) is 6. The van der Waals surface area contributed by atoms with E-state index in [1.54, 1.807) is 0 Å². The summed E-state index contributed by atoms with van der Waals surface area (Å²) in [6, 6.07) is 19.9. The Morgan fingerprint density at radius 3 is 2.26 bits per heavy atom. The smallest absolute Gasteiger partial charge is 0.412 e. The summed E-state index contributed by atoms with van der Waals surface area (Å²) in [5.41, 5.74) is 5.18. The number of halogens is 2. The lowest BCUT2D eigenvalue weighted by atomic mass is 9.93. The first-order valence-corrected chi connectivity index (χ1v) is 13.1. The van der Waals surface area contributed by atoms with Gasteiger partial charge in [0.15, 0.2) is 0 Å². The number of methoxy groups -OCH3 is 1. The van der Waals surface area contributed by atoms with Crippen LogP contribution in [-0.2, 0) is 26.3 Å². The summed E-state index contributed by atoms with van der Waals surface area (Å²) < 4.78 is 27.9. The van der Waals surface area contributed by atoms with E-state index in [2.05, 4.69) is 9.69 Å². The van der Waals surface area contributed by atoms with Gasteiger partial charge in [-0.15, -0.1) is 0 Å². The zero-order valence-electron chi connectivity index (χ0n) is 20.7. The first-order valence-electron chi connectivity index (χ1n) is 11.9. The number of ether oxygens (including phenoxy) is 2. The van der Waals surface area contributed by atoms with Crippen molar-refractivity contribution in [2.24, 2.45) is 0 Å². The van der Waals surface area contributed by atoms with Crippen molar-refractivity contribution < 1.29 is 23.5 Å². The summed E-state index contributed by atoms with van der Waals surface area (Å²) >= 11 is 7.29. The van der Waals surface area contributed by atoms with Crippen LogP contribution < -0.4 is 5.32 Å². The fourth-order valence-electron chi connectivity index (χ4n) is 4.36. The number of carbonyl (C=O) groups excluding carboxylic acids is 2. The number of benzene rings is 3. The van der Waals surface area contributed by atoms with Crippen molar-refractivity contribution in [2.45, 2.75) is 31.8 Å². The van der Waals surface area contributed by atoms with E-state index in [0.29, 0.717) is 16.9 Å². The van der Waals surface area contributed by atoms with Gasteiger partial charge in [0, 0.05) is 5.56 Å². The highest BCUT2D eigenvalue weighted by atomic mass is 35.5. The number of amides is 1. The van der Waals surface area contributed by atoms with Crippen molar-refractivity contribution in [3.8, 4) is 21.6 Å². The van der Waals surface area contributed by atoms with Gasteiger partial charge in [-0.3, -0.25) is 10.1 Å². The number of anilines is 1. The maximum atomic E-state index is 13.2. The molecule has 0 bridgehead atoms. The second-order valence-corrected chi connectivity index (χ2v) is 10.3. The van der Waals surface area contributed by atoms with Gasteiger partial charge >= 0.3 is 12.1 Å². The SMILES string of the molecule is COC(=O)C1(c2ccc(-c3ccc(-c4snc(C)c4NC(=O)OCc4ccc(F)cc4Cl)cc3)cc2)CC1. The van der Waals surface area contributed by atoms with Crippen LogP contribution in [0.5, 0.6) is 0 Å². The monoisotopic (exact) mass is 550 g/mol. The number of nitrogens with zero attached hydrogens (tertiary/aromatic N) is 1. The Morgan fingerprint density at radius 1 is 1.03 bits per heavy atom. The highest BCUT2D eigenvalue weighted by Crippen LogP contribution is 2.49. The normalized spacial score (nSPS) is 13.6. The molecule has 38 heavy (non-hydrogen) atoms. The van der Waals surface area contributed by atoms with Gasteiger partial charge in [0.1, 0.15) is 12.4 Å². The molecular weight excluding hydrogens is 527 g/mol. The minimum atomic E-state index is -0.660. The van der Waals surface area contributed by atoms with Crippen molar-refractivity contribution in [1.82, 2.24) is 4.37 Å². The van der Waals surface area contributed by atoms with Gasteiger partial charge in [0.05, 0.1) is 33.8 Å². The van der Waals surface area contributed by atoms with Gasteiger partial charge in [-0.25, -0.2) is 9.18 Å². The van der Waals surface area contributed by atoms with E-state index in [1.165, 1.54) is 36.8 Å². The van der Waals surface area contributed by atoms with Crippen LogP contribution in [0, 0.1) is 12.7 Å². The van der Waals surface area contributed by atoms with E-state index in [9.17, 15) is 14.0 Å². The molecule has 1 amide bonds. The fraction of sp³-hybridized carbons (Fsp3) is 0.207. The molecule has 1 aromatic heterocycles. The van der Waals surface area contributed by atoms with Crippen molar-refractivity contribution in [1.29, 1.82) is 0 Å². The van der Waals surface area contributed by atoms with Crippen molar-refractivity contribution in [2.75, 3.05) is 12.4 Å². The number of aromatic nitrogens is 1. The number of nitrogens with one attached hydrogen (secondary N) is 1.